The Kier molecular flexibility index (Phi) is 4.70. The fourth-order valence-corrected chi connectivity index (χ4v) is 5.19. The van der Waals surface area contributed by atoms with E-state index in [2.05, 4.69) is 9.97 Å². The number of aryl methyl sites for hydroxylation is 3. The number of aromatic nitrogens is 4. The zero-order valence-corrected chi connectivity index (χ0v) is 17.8. The van der Waals surface area contributed by atoms with Gasteiger partial charge in [-0.2, -0.15) is 0 Å². The quantitative estimate of drug-likeness (QED) is 0.467. The molecule has 0 aliphatic heterocycles. The molecule has 3 aromatic heterocycles. The maximum Gasteiger partial charge on any atom is 0.338 e. The van der Waals surface area contributed by atoms with Crippen LogP contribution >= 0.6 is 0 Å². The zero-order chi connectivity index (χ0) is 21.6. The molecule has 0 unspecified atom stereocenters. The highest BCUT2D eigenvalue weighted by atomic mass is 32.2. The second-order valence-corrected chi connectivity index (χ2v) is 8.92. The van der Waals surface area contributed by atoms with Gasteiger partial charge >= 0.3 is 5.97 Å². The maximum absolute atomic E-state index is 13.6. The van der Waals surface area contributed by atoms with Crippen LogP contribution in [-0.2, 0) is 21.6 Å². The van der Waals surface area contributed by atoms with Crippen molar-refractivity contribution in [3.05, 3.63) is 66.0 Å². The van der Waals surface area contributed by atoms with E-state index >= 15 is 0 Å². The smallest absolute Gasteiger partial charge is 0.338 e. The fourth-order valence-electron chi connectivity index (χ4n) is 3.50. The molecule has 30 heavy (non-hydrogen) atoms. The van der Waals surface area contributed by atoms with Crippen LogP contribution in [0.25, 0.3) is 16.7 Å². The topological polar surface area (TPSA) is 96.1 Å². The molecule has 1 aromatic carbocycles. The van der Waals surface area contributed by atoms with Gasteiger partial charge in [-0.05, 0) is 37.6 Å². The summed E-state index contributed by atoms with van der Waals surface area (Å²) in [5, 5.41) is 0.334. The lowest BCUT2D eigenvalue weighted by molar-refractivity contribution is 0.0603. The Balaban J connectivity index is 1.91. The van der Waals surface area contributed by atoms with Gasteiger partial charge in [-0.25, -0.2) is 23.2 Å². The third-order valence-electron chi connectivity index (χ3n) is 4.99. The number of esters is 1. The molecule has 0 atom stereocenters. The number of ether oxygens (including phenoxy) is 1. The maximum atomic E-state index is 13.6. The molecular weight excluding hydrogens is 404 g/mol. The number of rotatable bonds is 4. The van der Waals surface area contributed by atoms with Crippen LogP contribution in [0.3, 0.4) is 0 Å². The lowest BCUT2D eigenvalue weighted by Crippen LogP contribution is -2.08. The Morgan fingerprint density at radius 2 is 1.87 bits per heavy atom. The van der Waals surface area contributed by atoms with Crippen molar-refractivity contribution >= 4 is 26.7 Å². The number of methoxy groups -OCH3 is 1. The van der Waals surface area contributed by atoms with Gasteiger partial charge in [0.2, 0.25) is 9.84 Å². The Morgan fingerprint density at radius 3 is 2.50 bits per heavy atom. The molecule has 0 radical (unpaired) electrons. The number of carbonyl (C=O) groups is 1. The van der Waals surface area contributed by atoms with Crippen LogP contribution in [0.5, 0.6) is 0 Å². The SMILES string of the molecule is COC(=O)c1cccc2c1c(S(=O)(=O)c1cnc(-n3cnc(C)c3)cc1C)cn2C. The van der Waals surface area contributed by atoms with Crippen molar-refractivity contribution in [1.29, 1.82) is 0 Å². The van der Waals surface area contributed by atoms with E-state index in [4.69, 9.17) is 4.74 Å². The van der Waals surface area contributed by atoms with Gasteiger partial charge in [0, 0.05) is 36.5 Å². The van der Waals surface area contributed by atoms with Crippen molar-refractivity contribution in [2.24, 2.45) is 7.05 Å². The number of hydrogen-bond acceptors (Lipinski definition) is 6. The van der Waals surface area contributed by atoms with Crippen molar-refractivity contribution in [1.82, 2.24) is 19.1 Å². The summed E-state index contributed by atoms with van der Waals surface area (Å²) in [5.41, 5.74) is 2.19. The average Bonchev–Trinajstić information content (AvgIpc) is 3.31. The molecule has 0 N–H and O–H groups in total. The van der Waals surface area contributed by atoms with Gasteiger partial charge in [-0.1, -0.05) is 6.07 Å². The summed E-state index contributed by atoms with van der Waals surface area (Å²) >= 11 is 0. The van der Waals surface area contributed by atoms with E-state index in [1.165, 1.54) is 19.5 Å². The molecule has 0 aliphatic carbocycles. The van der Waals surface area contributed by atoms with E-state index in [0.717, 1.165) is 5.69 Å². The second kappa shape index (κ2) is 7.10. The minimum Gasteiger partial charge on any atom is -0.465 e. The normalized spacial score (nSPS) is 11.7. The lowest BCUT2D eigenvalue weighted by Gasteiger charge is -2.10. The molecule has 8 nitrogen and oxygen atoms in total. The largest absolute Gasteiger partial charge is 0.465 e. The number of fused-ring (bicyclic) bond motifs is 1. The number of carbonyl (C=O) groups excluding carboxylic acids is 1. The molecule has 0 amide bonds. The molecule has 0 spiro atoms. The van der Waals surface area contributed by atoms with Crippen molar-refractivity contribution in [3.8, 4) is 5.82 Å². The summed E-state index contributed by atoms with van der Waals surface area (Å²) in [5.74, 6) is -0.0239. The first-order valence-electron chi connectivity index (χ1n) is 9.13. The molecule has 0 fully saturated rings. The van der Waals surface area contributed by atoms with Gasteiger partial charge < -0.3 is 9.30 Å². The minimum atomic E-state index is -3.95. The van der Waals surface area contributed by atoms with E-state index in [0.29, 0.717) is 22.3 Å². The molecule has 3 heterocycles. The van der Waals surface area contributed by atoms with Crippen molar-refractivity contribution in [2.75, 3.05) is 7.11 Å². The summed E-state index contributed by atoms with van der Waals surface area (Å²) < 4.78 is 35.4. The van der Waals surface area contributed by atoms with Crippen LogP contribution in [0.15, 0.2) is 59.0 Å². The van der Waals surface area contributed by atoms with Crippen LogP contribution in [0, 0.1) is 13.8 Å². The van der Waals surface area contributed by atoms with Gasteiger partial charge in [0.05, 0.1) is 28.2 Å². The molecule has 0 saturated carbocycles. The van der Waals surface area contributed by atoms with Gasteiger partial charge in [0.25, 0.3) is 0 Å². The van der Waals surface area contributed by atoms with Crippen molar-refractivity contribution in [3.63, 3.8) is 0 Å². The predicted octanol–water partition coefficient (Wildman–Crippen LogP) is 3.00. The number of benzene rings is 1. The fraction of sp³-hybridized carbons (Fsp3) is 0.190. The number of sulfone groups is 1. The summed E-state index contributed by atoms with van der Waals surface area (Å²) in [6.07, 6.45) is 6.29. The van der Waals surface area contributed by atoms with Gasteiger partial charge in [0.1, 0.15) is 12.1 Å². The molecule has 0 aliphatic rings. The minimum absolute atomic E-state index is 0.0390. The highest BCUT2D eigenvalue weighted by molar-refractivity contribution is 7.91. The highest BCUT2D eigenvalue weighted by Gasteiger charge is 2.28. The van der Waals surface area contributed by atoms with E-state index in [-0.39, 0.29) is 15.4 Å². The standard InChI is InChI=1S/C21H20N4O4S/c1-13-8-19(25-10-14(2)23-12-25)22-9-17(13)30(27,28)18-11-24(3)16-7-5-6-15(20(16)18)21(26)29-4/h5-12H,1-4H3. The van der Waals surface area contributed by atoms with Crippen molar-refractivity contribution in [2.45, 2.75) is 23.6 Å². The van der Waals surface area contributed by atoms with E-state index < -0.39 is 15.8 Å². The Labute approximate surface area is 173 Å². The summed E-state index contributed by atoms with van der Waals surface area (Å²) in [6, 6.07) is 6.71. The van der Waals surface area contributed by atoms with E-state index in [9.17, 15) is 13.2 Å². The first-order valence-corrected chi connectivity index (χ1v) is 10.6. The summed E-state index contributed by atoms with van der Waals surface area (Å²) in [4.78, 5) is 20.9. The summed E-state index contributed by atoms with van der Waals surface area (Å²) in [6.45, 7) is 3.58. The van der Waals surface area contributed by atoms with Crippen LogP contribution < -0.4 is 0 Å². The molecule has 0 bridgehead atoms. The van der Waals surface area contributed by atoms with Crippen LogP contribution in [0.4, 0.5) is 0 Å². The number of pyridine rings is 1. The van der Waals surface area contributed by atoms with Crippen molar-refractivity contribution < 1.29 is 17.9 Å². The lowest BCUT2D eigenvalue weighted by atomic mass is 10.1. The summed E-state index contributed by atoms with van der Waals surface area (Å²) in [7, 11) is -0.949. The Bertz CT molecular complexity index is 1400. The van der Waals surface area contributed by atoms with Gasteiger partial charge in [0.15, 0.2) is 0 Å². The van der Waals surface area contributed by atoms with Crippen LogP contribution in [0.2, 0.25) is 0 Å². The third-order valence-corrected chi connectivity index (χ3v) is 6.88. The monoisotopic (exact) mass is 424 g/mol. The molecule has 4 aromatic rings. The number of nitrogens with zero attached hydrogens (tertiary/aromatic N) is 4. The number of hydrogen-bond donors (Lipinski definition) is 0. The predicted molar refractivity (Wildman–Crippen MR) is 111 cm³/mol. The Morgan fingerprint density at radius 1 is 1.10 bits per heavy atom. The zero-order valence-electron chi connectivity index (χ0n) is 16.9. The Hall–Kier alpha value is -3.46. The molecule has 9 heteroatoms. The van der Waals surface area contributed by atoms with Crippen LogP contribution in [-0.4, -0.2) is 40.6 Å². The van der Waals surface area contributed by atoms with Crippen LogP contribution in [0.1, 0.15) is 21.6 Å². The molecule has 4 rings (SSSR count). The first kappa shape index (κ1) is 19.8. The average molecular weight is 424 g/mol. The molecular formula is C21H20N4O4S. The highest BCUT2D eigenvalue weighted by Crippen LogP contribution is 2.33. The molecule has 154 valence electrons. The molecule has 0 saturated heterocycles. The van der Waals surface area contributed by atoms with Gasteiger partial charge in [-0.3, -0.25) is 4.57 Å². The second-order valence-electron chi connectivity index (χ2n) is 7.03. The van der Waals surface area contributed by atoms with Gasteiger partial charge in [-0.15, -0.1) is 0 Å². The first-order chi connectivity index (χ1) is 14.2. The van der Waals surface area contributed by atoms with E-state index in [1.807, 2.05) is 13.1 Å². The number of imidazole rings is 1. The van der Waals surface area contributed by atoms with E-state index in [1.54, 1.807) is 53.7 Å². The third kappa shape index (κ3) is 3.07.